The molecule has 2 aromatic carbocycles. The molecule has 0 aliphatic heterocycles. The molecule has 1 heterocycles. The molecular weight excluding hydrogens is 447 g/mol. The van der Waals surface area contributed by atoms with Gasteiger partial charge in [0.2, 0.25) is 0 Å². The Balaban J connectivity index is 1.40. The first-order valence-electron chi connectivity index (χ1n) is 14.0. The molecule has 1 atom stereocenters. The zero-order valence-corrected chi connectivity index (χ0v) is 22.2. The molecule has 0 bridgehead atoms. The third-order valence-corrected chi connectivity index (χ3v) is 6.74. The average molecular weight is 491 g/mol. The molecule has 0 radical (unpaired) electrons. The first-order valence-corrected chi connectivity index (χ1v) is 14.0. The van der Waals surface area contributed by atoms with E-state index in [1.165, 1.54) is 69.8 Å². The van der Waals surface area contributed by atoms with Crippen molar-refractivity contribution in [2.75, 3.05) is 6.61 Å². The second kappa shape index (κ2) is 16.1. The van der Waals surface area contributed by atoms with Crippen molar-refractivity contribution >= 4 is 0 Å². The number of ether oxygens (including phenoxy) is 1. The van der Waals surface area contributed by atoms with E-state index in [-0.39, 0.29) is 6.61 Å². The van der Waals surface area contributed by atoms with Crippen LogP contribution in [0.4, 0.5) is 4.39 Å². The Hall–Kier alpha value is -2.75. The topological polar surface area (TPSA) is 35.0 Å². The first kappa shape index (κ1) is 27.8. The highest BCUT2D eigenvalue weighted by Crippen LogP contribution is 2.23. The number of benzene rings is 2. The lowest BCUT2D eigenvalue weighted by Crippen LogP contribution is -2.11. The molecule has 0 aliphatic rings. The van der Waals surface area contributed by atoms with E-state index in [9.17, 15) is 4.39 Å². The maximum absolute atomic E-state index is 13.4. The molecule has 0 fully saturated rings. The van der Waals surface area contributed by atoms with Gasteiger partial charge < -0.3 is 4.74 Å². The van der Waals surface area contributed by atoms with E-state index in [0.29, 0.717) is 18.0 Å². The summed E-state index contributed by atoms with van der Waals surface area (Å²) < 4.78 is 18.8. The third kappa shape index (κ3) is 9.72. The summed E-state index contributed by atoms with van der Waals surface area (Å²) in [7, 11) is 0. The fourth-order valence-electron chi connectivity index (χ4n) is 4.31. The lowest BCUT2D eigenvalue weighted by molar-refractivity contribution is 0.192. The van der Waals surface area contributed by atoms with Gasteiger partial charge in [0.15, 0.2) is 5.82 Å². The van der Waals surface area contributed by atoms with Crippen LogP contribution in [-0.4, -0.2) is 22.7 Å². The van der Waals surface area contributed by atoms with E-state index in [1.807, 2.05) is 43.6 Å². The van der Waals surface area contributed by atoms with Crippen molar-refractivity contribution in [2.24, 2.45) is 0 Å². The van der Waals surface area contributed by atoms with Crippen LogP contribution >= 0.6 is 0 Å². The third-order valence-electron chi connectivity index (χ3n) is 6.74. The Morgan fingerprint density at radius 3 is 1.81 bits per heavy atom. The number of nitrogens with zero attached hydrogens (tertiary/aromatic N) is 2. The molecule has 1 unspecified atom stereocenters. The van der Waals surface area contributed by atoms with Gasteiger partial charge in [-0.15, -0.1) is 0 Å². The SMILES string of the molecule is CCCCCCCCCCCCc1ccc(-c2cnc(-c3ccc(OCC(F)CC)cc3)nc2)cc1. The van der Waals surface area contributed by atoms with Crippen LogP contribution in [0.25, 0.3) is 22.5 Å². The average Bonchev–Trinajstić information content (AvgIpc) is 2.93. The van der Waals surface area contributed by atoms with Crippen LogP contribution in [0.15, 0.2) is 60.9 Å². The van der Waals surface area contributed by atoms with Crippen molar-refractivity contribution in [3.8, 4) is 28.3 Å². The minimum absolute atomic E-state index is 0.0824. The van der Waals surface area contributed by atoms with Crippen LogP contribution in [0.5, 0.6) is 5.75 Å². The highest BCUT2D eigenvalue weighted by Gasteiger charge is 2.07. The lowest BCUT2D eigenvalue weighted by Gasteiger charge is -2.09. The molecule has 3 rings (SSSR count). The molecule has 0 spiro atoms. The number of aromatic nitrogens is 2. The van der Waals surface area contributed by atoms with E-state index in [1.54, 1.807) is 0 Å². The Labute approximate surface area is 217 Å². The second-order valence-corrected chi connectivity index (χ2v) is 9.77. The summed E-state index contributed by atoms with van der Waals surface area (Å²) in [6.45, 7) is 4.17. The first-order chi connectivity index (χ1) is 17.7. The van der Waals surface area contributed by atoms with Gasteiger partial charge in [-0.3, -0.25) is 0 Å². The van der Waals surface area contributed by atoms with Crippen LogP contribution in [0, 0.1) is 0 Å². The van der Waals surface area contributed by atoms with Gasteiger partial charge in [0.25, 0.3) is 0 Å². The fraction of sp³-hybridized carbons (Fsp3) is 0.500. The van der Waals surface area contributed by atoms with Gasteiger partial charge in [0.1, 0.15) is 18.5 Å². The van der Waals surface area contributed by atoms with Crippen LogP contribution in [0.3, 0.4) is 0 Å². The van der Waals surface area contributed by atoms with Crippen LogP contribution < -0.4 is 4.74 Å². The van der Waals surface area contributed by atoms with E-state index < -0.39 is 6.17 Å². The normalized spacial score (nSPS) is 12.0. The molecular formula is C32H43FN2O. The molecule has 3 nitrogen and oxygen atoms in total. The van der Waals surface area contributed by atoms with Crippen LogP contribution in [-0.2, 0) is 6.42 Å². The van der Waals surface area contributed by atoms with Gasteiger partial charge >= 0.3 is 0 Å². The molecule has 0 amide bonds. The van der Waals surface area contributed by atoms with Gasteiger partial charge in [-0.25, -0.2) is 14.4 Å². The minimum atomic E-state index is -0.936. The highest BCUT2D eigenvalue weighted by molar-refractivity contribution is 5.64. The number of hydrogen-bond acceptors (Lipinski definition) is 3. The largest absolute Gasteiger partial charge is 0.491 e. The Kier molecular flexibility index (Phi) is 12.4. The molecule has 0 N–H and O–H groups in total. The quantitative estimate of drug-likeness (QED) is 0.177. The lowest BCUT2D eigenvalue weighted by atomic mass is 10.0. The van der Waals surface area contributed by atoms with Gasteiger partial charge in [-0.05, 0) is 54.7 Å². The standard InChI is InChI=1S/C32H43FN2O/c1-3-5-6-7-8-9-10-11-12-13-14-26-15-17-27(18-16-26)29-23-34-32(35-24-29)28-19-21-31(22-20-28)36-25-30(33)4-2/h15-24,30H,3-14,25H2,1-2H3. The van der Waals surface area contributed by atoms with Crippen LogP contribution in [0.1, 0.15) is 90.0 Å². The van der Waals surface area contributed by atoms with Gasteiger partial charge in [0, 0.05) is 23.5 Å². The summed E-state index contributed by atoms with van der Waals surface area (Å²) >= 11 is 0. The summed E-state index contributed by atoms with van der Waals surface area (Å²) in [6.07, 6.45) is 18.1. The second-order valence-electron chi connectivity index (χ2n) is 9.77. The summed E-state index contributed by atoms with van der Waals surface area (Å²) in [5.41, 5.74) is 4.45. The maximum Gasteiger partial charge on any atom is 0.159 e. The molecule has 4 heteroatoms. The Morgan fingerprint density at radius 2 is 1.22 bits per heavy atom. The van der Waals surface area contributed by atoms with Gasteiger partial charge in [-0.2, -0.15) is 0 Å². The van der Waals surface area contributed by atoms with Crippen molar-refractivity contribution in [3.05, 3.63) is 66.5 Å². The zero-order valence-electron chi connectivity index (χ0n) is 22.2. The predicted molar refractivity (Wildman–Crippen MR) is 149 cm³/mol. The molecule has 0 saturated heterocycles. The van der Waals surface area contributed by atoms with Crippen molar-refractivity contribution in [1.82, 2.24) is 9.97 Å². The van der Waals surface area contributed by atoms with E-state index in [2.05, 4.69) is 41.2 Å². The zero-order chi connectivity index (χ0) is 25.4. The molecule has 36 heavy (non-hydrogen) atoms. The number of rotatable bonds is 17. The monoisotopic (exact) mass is 490 g/mol. The molecule has 194 valence electrons. The van der Waals surface area contributed by atoms with Gasteiger partial charge in [-0.1, -0.05) is 95.9 Å². The predicted octanol–water partition coefficient (Wildman–Crippen LogP) is 9.40. The summed E-state index contributed by atoms with van der Waals surface area (Å²) in [5.74, 6) is 1.32. The van der Waals surface area contributed by atoms with E-state index in [0.717, 1.165) is 23.1 Å². The summed E-state index contributed by atoms with van der Waals surface area (Å²) in [4.78, 5) is 9.12. The molecule has 1 aromatic heterocycles. The molecule has 3 aromatic rings. The fourth-order valence-corrected chi connectivity index (χ4v) is 4.31. The van der Waals surface area contributed by atoms with E-state index in [4.69, 9.17) is 4.74 Å². The van der Waals surface area contributed by atoms with E-state index >= 15 is 0 Å². The summed E-state index contributed by atoms with van der Waals surface area (Å²) in [6, 6.07) is 16.3. The minimum Gasteiger partial charge on any atom is -0.491 e. The number of aryl methyl sites for hydroxylation is 1. The van der Waals surface area contributed by atoms with Crippen molar-refractivity contribution in [1.29, 1.82) is 0 Å². The number of halogens is 1. The number of alkyl halides is 1. The number of unbranched alkanes of at least 4 members (excludes halogenated alkanes) is 9. The Bertz CT molecular complexity index is 971. The highest BCUT2D eigenvalue weighted by atomic mass is 19.1. The summed E-state index contributed by atoms with van der Waals surface area (Å²) in [5, 5.41) is 0. The Morgan fingerprint density at radius 1 is 0.667 bits per heavy atom. The van der Waals surface area contributed by atoms with Gasteiger partial charge in [0.05, 0.1) is 0 Å². The number of hydrogen-bond donors (Lipinski definition) is 0. The molecule has 0 aliphatic carbocycles. The maximum atomic E-state index is 13.4. The van der Waals surface area contributed by atoms with Crippen molar-refractivity contribution in [2.45, 2.75) is 97.1 Å². The van der Waals surface area contributed by atoms with Crippen molar-refractivity contribution < 1.29 is 9.13 Å². The van der Waals surface area contributed by atoms with Crippen molar-refractivity contribution in [3.63, 3.8) is 0 Å². The van der Waals surface area contributed by atoms with Crippen LogP contribution in [0.2, 0.25) is 0 Å². The smallest absolute Gasteiger partial charge is 0.159 e. The molecule has 0 saturated carbocycles.